The van der Waals surface area contributed by atoms with Gasteiger partial charge in [0.05, 0.1) is 10.3 Å². The third-order valence-electron chi connectivity index (χ3n) is 6.63. The minimum atomic E-state index is -0.930. The van der Waals surface area contributed by atoms with Crippen LogP contribution in [0.25, 0.3) is 10.1 Å². The zero-order valence-electron chi connectivity index (χ0n) is 21.4. The Balaban J connectivity index is 0.00000380. The van der Waals surface area contributed by atoms with Crippen molar-refractivity contribution in [2.45, 2.75) is 32.7 Å². The van der Waals surface area contributed by atoms with Gasteiger partial charge in [-0.2, -0.15) is 4.37 Å². The van der Waals surface area contributed by atoms with E-state index < -0.39 is 12.0 Å². The van der Waals surface area contributed by atoms with Gasteiger partial charge in [-0.05, 0) is 61.1 Å². The summed E-state index contributed by atoms with van der Waals surface area (Å²) in [6, 6.07) is 14.7. The van der Waals surface area contributed by atoms with Gasteiger partial charge in [-0.3, -0.25) is 9.69 Å². The second-order valence-electron chi connectivity index (χ2n) is 9.54. The molecule has 1 aliphatic rings. The number of nitrogens with zero attached hydrogens (tertiary/aromatic N) is 3. The molecule has 8 nitrogen and oxygen atoms in total. The number of halogens is 1. The number of amides is 1. The van der Waals surface area contributed by atoms with Gasteiger partial charge in [-0.25, -0.2) is 4.79 Å². The fraction of sp³-hybridized carbons (Fsp3) is 0.444. The van der Waals surface area contributed by atoms with Crippen LogP contribution in [0, 0.1) is 5.92 Å². The number of carbonyl (C=O) groups excluding carboxylic acids is 1. The first-order valence-electron chi connectivity index (χ1n) is 12.6. The molecule has 0 spiro atoms. The Hall–Kier alpha value is -2.88. The summed E-state index contributed by atoms with van der Waals surface area (Å²) < 4.78 is 5.92. The molecule has 1 aliphatic heterocycles. The number of hydrogen-bond donors (Lipinski definition) is 3. The van der Waals surface area contributed by atoms with Gasteiger partial charge in [0.25, 0.3) is 5.91 Å². The first-order chi connectivity index (χ1) is 17.4. The molecule has 3 aromatic rings. The second-order valence-corrected chi connectivity index (χ2v) is 10.3. The summed E-state index contributed by atoms with van der Waals surface area (Å²) in [5, 5.41) is 16.7. The molecule has 1 saturated heterocycles. The predicted molar refractivity (Wildman–Crippen MR) is 153 cm³/mol. The van der Waals surface area contributed by atoms with Crippen LogP contribution >= 0.6 is 23.9 Å². The first-order valence-corrected chi connectivity index (χ1v) is 13.4. The number of aliphatic carboxylic acids is 1. The Morgan fingerprint density at radius 3 is 2.46 bits per heavy atom. The summed E-state index contributed by atoms with van der Waals surface area (Å²) in [6.07, 6.45) is 1.90. The molecule has 3 N–H and O–H groups in total. The molecule has 2 heterocycles. The molecule has 2 aromatic carbocycles. The molecule has 1 amide bonds. The molecular formula is C27H36ClN5O3S. The third-order valence-corrected chi connectivity index (χ3v) is 7.45. The van der Waals surface area contributed by atoms with Gasteiger partial charge in [0, 0.05) is 43.8 Å². The normalized spacial score (nSPS) is 14.8. The van der Waals surface area contributed by atoms with Crippen molar-refractivity contribution >= 4 is 57.4 Å². The molecule has 0 aliphatic carbocycles. The van der Waals surface area contributed by atoms with Crippen LogP contribution in [0.1, 0.15) is 37.0 Å². The van der Waals surface area contributed by atoms with Crippen molar-refractivity contribution in [2.75, 3.05) is 49.5 Å². The minimum Gasteiger partial charge on any atom is -0.480 e. The summed E-state index contributed by atoms with van der Waals surface area (Å²) in [6.45, 7) is 9.25. The average Bonchev–Trinajstić information content (AvgIpc) is 3.31. The zero-order valence-corrected chi connectivity index (χ0v) is 23.0. The summed E-state index contributed by atoms with van der Waals surface area (Å²) >= 11 is 1.56. The van der Waals surface area contributed by atoms with Gasteiger partial charge in [0.15, 0.2) is 0 Å². The van der Waals surface area contributed by atoms with E-state index >= 15 is 0 Å². The van der Waals surface area contributed by atoms with Crippen LogP contribution in [0.5, 0.6) is 0 Å². The van der Waals surface area contributed by atoms with E-state index in [4.69, 9.17) is 0 Å². The van der Waals surface area contributed by atoms with Crippen LogP contribution in [0.15, 0.2) is 48.5 Å². The molecule has 0 saturated carbocycles. The topological polar surface area (TPSA) is 97.8 Å². The lowest BCUT2D eigenvalue weighted by molar-refractivity contribution is -0.138. The van der Waals surface area contributed by atoms with Gasteiger partial charge in [-0.1, -0.05) is 38.1 Å². The molecule has 1 aromatic heterocycles. The molecule has 0 bridgehead atoms. The highest BCUT2D eigenvalue weighted by atomic mass is 35.5. The molecule has 200 valence electrons. The Kier molecular flexibility index (Phi) is 10.5. The van der Waals surface area contributed by atoms with Crippen molar-refractivity contribution in [2.24, 2.45) is 5.92 Å². The average molecular weight is 546 g/mol. The molecule has 4 rings (SSSR count). The van der Waals surface area contributed by atoms with Crippen molar-refractivity contribution in [1.29, 1.82) is 0 Å². The number of nitrogens with one attached hydrogen (secondary N) is 2. The van der Waals surface area contributed by atoms with Crippen LogP contribution in [0.3, 0.4) is 0 Å². The number of benzene rings is 2. The van der Waals surface area contributed by atoms with E-state index in [1.54, 1.807) is 35.8 Å². The maximum Gasteiger partial charge on any atom is 0.326 e. The monoisotopic (exact) mass is 545 g/mol. The number of unbranched alkanes of at least 4 members (excludes halogenated alkanes) is 1. The number of carbonyl (C=O) groups is 2. The van der Waals surface area contributed by atoms with Crippen molar-refractivity contribution < 1.29 is 14.7 Å². The minimum absolute atomic E-state index is 0. The number of carboxylic acids is 1. The number of rotatable bonds is 11. The number of piperazine rings is 1. The molecule has 0 radical (unpaired) electrons. The van der Waals surface area contributed by atoms with Gasteiger partial charge in [0.1, 0.15) is 11.9 Å². The Morgan fingerprint density at radius 1 is 1.03 bits per heavy atom. The maximum absolute atomic E-state index is 12.8. The van der Waals surface area contributed by atoms with E-state index in [0.29, 0.717) is 17.8 Å². The lowest BCUT2D eigenvalue weighted by atomic mass is 10.0. The van der Waals surface area contributed by atoms with E-state index in [1.165, 1.54) is 10.1 Å². The summed E-state index contributed by atoms with van der Waals surface area (Å²) in [7, 11) is 0. The van der Waals surface area contributed by atoms with Gasteiger partial charge in [-0.15, -0.1) is 12.4 Å². The third kappa shape index (κ3) is 7.34. The molecule has 10 heteroatoms. The number of anilines is 2. The highest BCUT2D eigenvalue weighted by Gasteiger charge is 2.23. The number of aromatic nitrogens is 1. The molecule has 0 unspecified atom stereocenters. The van der Waals surface area contributed by atoms with Gasteiger partial charge < -0.3 is 20.6 Å². The van der Waals surface area contributed by atoms with Crippen LogP contribution in [0.2, 0.25) is 0 Å². The number of carboxylic acid groups (broad SMARTS) is 1. The van der Waals surface area contributed by atoms with Crippen LogP contribution < -0.4 is 15.5 Å². The van der Waals surface area contributed by atoms with Crippen LogP contribution in [-0.2, 0) is 4.79 Å². The van der Waals surface area contributed by atoms with Crippen molar-refractivity contribution in [3.63, 3.8) is 0 Å². The van der Waals surface area contributed by atoms with Crippen molar-refractivity contribution in [3.8, 4) is 0 Å². The van der Waals surface area contributed by atoms with E-state index in [-0.39, 0.29) is 24.2 Å². The predicted octanol–water partition coefficient (Wildman–Crippen LogP) is 4.57. The SMILES string of the molecule is CC(C)[C@@H](Nc1ccccc1C(=O)NCCCCN1CCN(c2nsc3ccccc23)CC1)C(=O)O.Cl. The van der Waals surface area contributed by atoms with Gasteiger partial charge >= 0.3 is 5.97 Å². The second kappa shape index (κ2) is 13.6. The fourth-order valence-corrected chi connectivity index (χ4v) is 5.33. The number of para-hydroxylation sites is 1. The fourth-order valence-electron chi connectivity index (χ4n) is 4.53. The van der Waals surface area contributed by atoms with E-state index in [1.807, 2.05) is 13.8 Å². The molecule has 1 fully saturated rings. The lowest BCUT2D eigenvalue weighted by Crippen LogP contribution is -2.46. The Bertz CT molecular complexity index is 1180. The summed E-state index contributed by atoms with van der Waals surface area (Å²) in [5.41, 5.74) is 1.01. The largest absolute Gasteiger partial charge is 0.480 e. The smallest absolute Gasteiger partial charge is 0.326 e. The highest BCUT2D eigenvalue weighted by molar-refractivity contribution is 7.13. The lowest BCUT2D eigenvalue weighted by Gasteiger charge is -2.35. The van der Waals surface area contributed by atoms with E-state index in [9.17, 15) is 14.7 Å². The van der Waals surface area contributed by atoms with Crippen LogP contribution in [0.4, 0.5) is 11.5 Å². The summed E-state index contributed by atoms with van der Waals surface area (Å²) in [5.74, 6) is -0.117. The van der Waals surface area contributed by atoms with Crippen molar-refractivity contribution in [1.82, 2.24) is 14.6 Å². The van der Waals surface area contributed by atoms with Crippen LogP contribution in [-0.4, -0.2) is 71.6 Å². The van der Waals surface area contributed by atoms with Gasteiger partial charge in [0.2, 0.25) is 0 Å². The highest BCUT2D eigenvalue weighted by Crippen LogP contribution is 2.29. The molecular weight excluding hydrogens is 510 g/mol. The number of hydrogen-bond acceptors (Lipinski definition) is 7. The van der Waals surface area contributed by atoms with E-state index in [0.717, 1.165) is 51.4 Å². The van der Waals surface area contributed by atoms with E-state index in [2.05, 4.69) is 49.1 Å². The van der Waals surface area contributed by atoms with Crippen molar-refractivity contribution in [3.05, 3.63) is 54.1 Å². The quantitative estimate of drug-likeness (QED) is 0.304. The maximum atomic E-state index is 12.8. The number of fused-ring (bicyclic) bond motifs is 1. The Morgan fingerprint density at radius 2 is 1.73 bits per heavy atom. The molecule has 37 heavy (non-hydrogen) atoms. The first kappa shape index (κ1) is 28.7. The Labute approximate surface area is 228 Å². The standard InChI is InChI=1S/C27H35N5O3S.ClH/c1-19(2)24(27(34)35)29-22-11-5-3-9-20(22)26(33)28-13-7-8-14-31-15-17-32(18-16-31)25-21-10-4-6-12-23(21)36-30-25;/h3-6,9-12,19,24,29H,7-8,13-18H2,1-2H3,(H,28,33)(H,34,35);1H/t24-;/m1./s1. The summed E-state index contributed by atoms with van der Waals surface area (Å²) in [4.78, 5) is 29.2. The molecule has 1 atom stereocenters. The zero-order chi connectivity index (χ0) is 25.5.